The lowest BCUT2D eigenvalue weighted by Gasteiger charge is -2.41. The SMILES string of the molecule is CCC1(CC)CCC(c2cc(N3CCOCC3)c(OC)cc2N2CCNCC2)CC1. The molecular formula is C25H41N3O2. The zero-order valence-corrected chi connectivity index (χ0v) is 19.3. The Morgan fingerprint density at radius 2 is 1.60 bits per heavy atom. The van der Waals surface area contributed by atoms with Gasteiger partial charge < -0.3 is 24.6 Å². The summed E-state index contributed by atoms with van der Waals surface area (Å²) in [6, 6.07) is 4.82. The number of hydrogen-bond donors (Lipinski definition) is 1. The molecule has 168 valence electrons. The number of nitrogens with zero attached hydrogens (tertiary/aromatic N) is 2. The number of piperazine rings is 1. The molecule has 0 atom stereocenters. The van der Waals surface area contributed by atoms with E-state index in [2.05, 4.69) is 41.1 Å². The monoisotopic (exact) mass is 415 g/mol. The van der Waals surface area contributed by atoms with E-state index in [4.69, 9.17) is 9.47 Å². The van der Waals surface area contributed by atoms with Crippen LogP contribution in [0.25, 0.3) is 0 Å². The van der Waals surface area contributed by atoms with Gasteiger partial charge in [0.15, 0.2) is 0 Å². The molecule has 2 saturated heterocycles. The van der Waals surface area contributed by atoms with Crippen LogP contribution in [0.3, 0.4) is 0 Å². The largest absolute Gasteiger partial charge is 0.495 e. The first-order chi connectivity index (χ1) is 14.7. The highest BCUT2D eigenvalue weighted by Crippen LogP contribution is 2.50. The molecule has 1 aliphatic carbocycles. The van der Waals surface area contributed by atoms with Crippen LogP contribution in [0.4, 0.5) is 11.4 Å². The molecular weight excluding hydrogens is 374 g/mol. The predicted molar refractivity (Wildman–Crippen MR) is 125 cm³/mol. The number of anilines is 2. The highest BCUT2D eigenvalue weighted by molar-refractivity contribution is 5.71. The van der Waals surface area contributed by atoms with E-state index in [0.29, 0.717) is 11.3 Å². The molecule has 0 bridgehead atoms. The van der Waals surface area contributed by atoms with E-state index in [0.717, 1.165) is 58.2 Å². The molecule has 1 aromatic carbocycles. The van der Waals surface area contributed by atoms with Crippen LogP contribution < -0.4 is 19.9 Å². The van der Waals surface area contributed by atoms with Gasteiger partial charge in [-0.1, -0.05) is 26.7 Å². The van der Waals surface area contributed by atoms with Crippen molar-refractivity contribution in [3.63, 3.8) is 0 Å². The van der Waals surface area contributed by atoms with Crippen LogP contribution in [0.15, 0.2) is 12.1 Å². The van der Waals surface area contributed by atoms with Gasteiger partial charge in [0.05, 0.1) is 26.0 Å². The van der Waals surface area contributed by atoms with Crippen molar-refractivity contribution in [1.29, 1.82) is 0 Å². The zero-order chi connectivity index (χ0) is 21.0. The Morgan fingerprint density at radius 3 is 2.20 bits per heavy atom. The van der Waals surface area contributed by atoms with Crippen LogP contribution in [-0.2, 0) is 4.74 Å². The molecule has 5 nitrogen and oxygen atoms in total. The number of morpholine rings is 1. The van der Waals surface area contributed by atoms with Gasteiger partial charge in [0.2, 0.25) is 0 Å². The van der Waals surface area contributed by atoms with Crippen molar-refractivity contribution in [3.8, 4) is 5.75 Å². The van der Waals surface area contributed by atoms with Crippen molar-refractivity contribution < 1.29 is 9.47 Å². The second-order valence-electron chi connectivity index (χ2n) is 9.40. The van der Waals surface area contributed by atoms with Gasteiger partial charge >= 0.3 is 0 Å². The Morgan fingerprint density at radius 1 is 0.967 bits per heavy atom. The summed E-state index contributed by atoms with van der Waals surface area (Å²) < 4.78 is 11.5. The highest BCUT2D eigenvalue weighted by Gasteiger charge is 2.34. The third-order valence-electron chi connectivity index (χ3n) is 8.12. The number of ether oxygens (including phenoxy) is 2. The smallest absolute Gasteiger partial charge is 0.144 e. The quantitative estimate of drug-likeness (QED) is 0.745. The van der Waals surface area contributed by atoms with Gasteiger partial charge in [-0.15, -0.1) is 0 Å². The van der Waals surface area contributed by atoms with Crippen molar-refractivity contribution in [1.82, 2.24) is 5.32 Å². The Kier molecular flexibility index (Phi) is 7.09. The molecule has 1 N–H and O–H groups in total. The van der Waals surface area contributed by atoms with Gasteiger partial charge in [-0.2, -0.15) is 0 Å². The van der Waals surface area contributed by atoms with Gasteiger partial charge in [0, 0.05) is 51.0 Å². The minimum Gasteiger partial charge on any atom is -0.495 e. The number of hydrogen-bond acceptors (Lipinski definition) is 5. The maximum atomic E-state index is 5.92. The molecule has 5 heteroatoms. The van der Waals surface area contributed by atoms with Crippen molar-refractivity contribution in [2.45, 2.75) is 58.3 Å². The summed E-state index contributed by atoms with van der Waals surface area (Å²) >= 11 is 0. The Hall–Kier alpha value is -1.46. The molecule has 0 aromatic heterocycles. The van der Waals surface area contributed by atoms with Crippen LogP contribution in [0.5, 0.6) is 5.75 Å². The average molecular weight is 416 g/mol. The molecule has 4 rings (SSSR count). The molecule has 30 heavy (non-hydrogen) atoms. The molecule has 1 aromatic rings. The fraction of sp³-hybridized carbons (Fsp3) is 0.760. The molecule has 2 aliphatic heterocycles. The third kappa shape index (κ3) is 4.43. The number of rotatable bonds is 6. The fourth-order valence-corrected chi connectivity index (χ4v) is 5.79. The van der Waals surface area contributed by atoms with Gasteiger partial charge in [0.1, 0.15) is 5.75 Å². The van der Waals surface area contributed by atoms with Crippen molar-refractivity contribution >= 4 is 11.4 Å². The minimum absolute atomic E-state index is 0.575. The lowest BCUT2D eigenvalue weighted by molar-refractivity contribution is 0.122. The van der Waals surface area contributed by atoms with Crippen molar-refractivity contribution in [2.75, 3.05) is 69.4 Å². The summed E-state index contributed by atoms with van der Waals surface area (Å²) in [7, 11) is 1.82. The minimum atomic E-state index is 0.575. The molecule has 3 fully saturated rings. The van der Waals surface area contributed by atoms with E-state index in [9.17, 15) is 0 Å². The molecule has 0 unspecified atom stereocenters. The molecule has 1 saturated carbocycles. The predicted octanol–water partition coefficient (Wildman–Crippen LogP) is 4.41. The number of methoxy groups -OCH3 is 1. The van der Waals surface area contributed by atoms with Crippen LogP contribution in [0.1, 0.15) is 63.9 Å². The first-order valence-electron chi connectivity index (χ1n) is 12.2. The zero-order valence-electron chi connectivity index (χ0n) is 19.3. The van der Waals surface area contributed by atoms with Crippen LogP contribution >= 0.6 is 0 Å². The second-order valence-corrected chi connectivity index (χ2v) is 9.40. The molecule has 2 heterocycles. The van der Waals surface area contributed by atoms with Gasteiger partial charge in [-0.25, -0.2) is 0 Å². The van der Waals surface area contributed by atoms with E-state index in [-0.39, 0.29) is 0 Å². The molecule has 3 aliphatic rings. The second kappa shape index (κ2) is 9.78. The van der Waals surface area contributed by atoms with Crippen molar-refractivity contribution in [2.24, 2.45) is 5.41 Å². The Bertz CT molecular complexity index is 682. The van der Waals surface area contributed by atoms with E-state index >= 15 is 0 Å². The van der Waals surface area contributed by atoms with E-state index in [1.54, 1.807) is 5.56 Å². The molecule has 0 amide bonds. The maximum absolute atomic E-state index is 5.92. The summed E-state index contributed by atoms with van der Waals surface area (Å²) in [4.78, 5) is 5.04. The van der Waals surface area contributed by atoms with Crippen molar-refractivity contribution in [3.05, 3.63) is 17.7 Å². The standard InChI is InChI=1S/C25H41N3O2/c1-4-25(5-2)8-6-20(7-9-25)21-18-23(28-14-16-30-17-15-28)24(29-3)19-22(21)27-12-10-26-11-13-27/h18-20,26H,4-17H2,1-3H3. The van der Waals surface area contributed by atoms with Gasteiger partial charge in [0.25, 0.3) is 0 Å². The lowest BCUT2D eigenvalue weighted by Crippen LogP contribution is -2.44. The Labute approximate surface area is 183 Å². The van der Waals surface area contributed by atoms with Gasteiger partial charge in [-0.05, 0) is 48.6 Å². The van der Waals surface area contributed by atoms with E-state index in [1.807, 2.05) is 7.11 Å². The Balaban J connectivity index is 1.68. The number of nitrogens with one attached hydrogen (secondary N) is 1. The fourth-order valence-electron chi connectivity index (χ4n) is 5.79. The topological polar surface area (TPSA) is 37.0 Å². The van der Waals surface area contributed by atoms with Crippen LogP contribution in [-0.4, -0.2) is 59.6 Å². The van der Waals surface area contributed by atoms with Gasteiger partial charge in [-0.3, -0.25) is 0 Å². The summed E-state index contributed by atoms with van der Waals surface area (Å²) in [5.74, 6) is 1.67. The molecule has 0 spiro atoms. The normalized spacial score (nSPS) is 22.9. The average Bonchev–Trinajstić information content (AvgIpc) is 2.84. The van der Waals surface area contributed by atoms with Crippen LogP contribution in [0, 0.1) is 5.41 Å². The lowest BCUT2D eigenvalue weighted by atomic mass is 9.66. The molecule has 0 radical (unpaired) electrons. The van der Waals surface area contributed by atoms with E-state index in [1.165, 1.54) is 49.9 Å². The summed E-state index contributed by atoms with van der Waals surface area (Å²) in [6.07, 6.45) is 8.01. The number of benzene rings is 1. The highest BCUT2D eigenvalue weighted by atomic mass is 16.5. The summed E-state index contributed by atoms with van der Waals surface area (Å²) in [6.45, 7) is 12.6. The first-order valence-corrected chi connectivity index (χ1v) is 12.2. The van der Waals surface area contributed by atoms with Crippen LogP contribution in [0.2, 0.25) is 0 Å². The van der Waals surface area contributed by atoms with E-state index < -0.39 is 0 Å². The maximum Gasteiger partial charge on any atom is 0.144 e. The third-order valence-corrected chi connectivity index (χ3v) is 8.12. The summed E-state index contributed by atoms with van der Waals surface area (Å²) in [5.41, 5.74) is 4.80. The summed E-state index contributed by atoms with van der Waals surface area (Å²) in [5, 5.41) is 3.51. The first kappa shape index (κ1) is 21.8.